The highest BCUT2D eigenvalue weighted by molar-refractivity contribution is 5.80. The van der Waals surface area contributed by atoms with Gasteiger partial charge in [-0.3, -0.25) is 9.78 Å². The second kappa shape index (κ2) is 7.35. The summed E-state index contributed by atoms with van der Waals surface area (Å²) >= 11 is 0. The van der Waals surface area contributed by atoms with Crippen molar-refractivity contribution >= 4 is 12.0 Å². The first-order valence-corrected chi connectivity index (χ1v) is 6.19. The second-order valence-electron chi connectivity index (χ2n) is 4.28. The normalized spacial score (nSPS) is 10.0. The molecular weight excluding hydrogens is 246 g/mol. The van der Waals surface area contributed by atoms with Crippen LogP contribution in [-0.4, -0.2) is 40.1 Å². The zero-order valence-corrected chi connectivity index (χ0v) is 11.2. The number of rotatable bonds is 6. The molecule has 0 fully saturated rings. The fraction of sp³-hybridized carbons (Fsp3) is 0.462. The number of hydrogen-bond acceptors (Lipinski definition) is 3. The first-order chi connectivity index (χ1) is 9.02. The molecule has 0 spiro atoms. The van der Waals surface area contributed by atoms with Crippen LogP contribution in [0.15, 0.2) is 18.3 Å². The van der Waals surface area contributed by atoms with Gasteiger partial charge in [-0.05, 0) is 25.0 Å². The van der Waals surface area contributed by atoms with E-state index in [1.807, 2.05) is 26.0 Å². The SMILES string of the molecule is CCCN(CC(=O)O)C(=O)NCc1ccc(C)nc1. The lowest BCUT2D eigenvalue weighted by atomic mass is 10.2. The lowest BCUT2D eigenvalue weighted by molar-refractivity contribution is -0.137. The predicted molar refractivity (Wildman–Crippen MR) is 70.7 cm³/mol. The summed E-state index contributed by atoms with van der Waals surface area (Å²) in [5, 5.41) is 11.4. The number of urea groups is 1. The standard InChI is InChI=1S/C13H19N3O3/c1-3-6-16(9-12(17)18)13(19)15-8-11-5-4-10(2)14-7-11/h4-5,7H,3,6,8-9H2,1-2H3,(H,15,19)(H,17,18). The van der Waals surface area contributed by atoms with Gasteiger partial charge in [-0.25, -0.2) is 4.79 Å². The van der Waals surface area contributed by atoms with Crippen LogP contribution in [0.3, 0.4) is 0 Å². The number of nitrogens with zero attached hydrogens (tertiary/aromatic N) is 2. The highest BCUT2D eigenvalue weighted by Gasteiger charge is 2.15. The number of nitrogens with one attached hydrogen (secondary N) is 1. The molecule has 6 heteroatoms. The van der Waals surface area contributed by atoms with Crippen molar-refractivity contribution < 1.29 is 14.7 Å². The third-order valence-electron chi connectivity index (χ3n) is 2.52. The number of aliphatic carboxylic acids is 1. The Hall–Kier alpha value is -2.11. The van der Waals surface area contributed by atoms with E-state index in [1.54, 1.807) is 6.20 Å². The van der Waals surface area contributed by atoms with E-state index in [-0.39, 0.29) is 12.6 Å². The number of carboxylic acids is 1. The van der Waals surface area contributed by atoms with E-state index in [0.29, 0.717) is 19.5 Å². The maximum absolute atomic E-state index is 11.8. The Bertz CT molecular complexity index is 431. The third-order valence-corrected chi connectivity index (χ3v) is 2.52. The summed E-state index contributed by atoms with van der Waals surface area (Å²) in [5.74, 6) is -1.01. The number of aromatic nitrogens is 1. The van der Waals surface area contributed by atoms with Gasteiger partial charge in [-0.1, -0.05) is 13.0 Å². The Balaban J connectivity index is 2.51. The van der Waals surface area contributed by atoms with Crippen LogP contribution in [0.5, 0.6) is 0 Å². The minimum absolute atomic E-state index is 0.286. The van der Waals surface area contributed by atoms with Crippen LogP contribution < -0.4 is 5.32 Å². The molecule has 1 aromatic rings. The molecule has 2 amide bonds. The number of carboxylic acid groups (broad SMARTS) is 1. The topological polar surface area (TPSA) is 82.5 Å². The van der Waals surface area contributed by atoms with E-state index in [0.717, 1.165) is 11.3 Å². The van der Waals surface area contributed by atoms with Crippen molar-refractivity contribution in [2.45, 2.75) is 26.8 Å². The van der Waals surface area contributed by atoms with Crippen molar-refractivity contribution in [1.29, 1.82) is 0 Å². The van der Waals surface area contributed by atoms with E-state index in [1.165, 1.54) is 4.90 Å². The maximum Gasteiger partial charge on any atom is 0.323 e. The first-order valence-electron chi connectivity index (χ1n) is 6.19. The molecule has 0 aromatic carbocycles. The molecule has 1 aromatic heterocycles. The van der Waals surface area contributed by atoms with Crippen LogP contribution in [-0.2, 0) is 11.3 Å². The van der Waals surface area contributed by atoms with Crippen LogP contribution >= 0.6 is 0 Å². The third kappa shape index (κ3) is 5.37. The number of hydrogen-bond donors (Lipinski definition) is 2. The van der Waals surface area contributed by atoms with Gasteiger partial charge in [-0.2, -0.15) is 0 Å². The van der Waals surface area contributed by atoms with Crippen molar-refractivity contribution in [3.05, 3.63) is 29.6 Å². The highest BCUT2D eigenvalue weighted by Crippen LogP contribution is 2.00. The van der Waals surface area contributed by atoms with Crippen LogP contribution in [0, 0.1) is 6.92 Å². The molecule has 1 heterocycles. The van der Waals surface area contributed by atoms with Gasteiger partial charge in [0, 0.05) is 25.0 Å². The van der Waals surface area contributed by atoms with Crippen molar-refractivity contribution in [3.8, 4) is 0 Å². The van der Waals surface area contributed by atoms with E-state index >= 15 is 0 Å². The molecule has 0 aliphatic carbocycles. The summed E-state index contributed by atoms with van der Waals surface area (Å²) in [7, 11) is 0. The first kappa shape index (κ1) is 14.9. The fourth-order valence-corrected chi connectivity index (χ4v) is 1.58. The summed E-state index contributed by atoms with van der Waals surface area (Å²) in [6, 6.07) is 3.37. The van der Waals surface area contributed by atoms with Crippen molar-refractivity contribution in [2.24, 2.45) is 0 Å². The molecular formula is C13H19N3O3. The molecule has 0 unspecified atom stereocenters. The molecule has 2 N–H and O–H groups in total. The maximum atomic E-state index is 11.8. The number of pyridine rings is 1. The minimum atomic E-state index is -1.01. The Morgan fingerprint density at radius 3 is 2.68 bits per heavy atom. The van der Waals surface area contributed by atoms with E-state index in [4.69, 9.17) is 5.11 Å². The van der Waals surface area contributed by atoms with E-state index < -0.39 is 5.97 Å². The monoisotopic (exact) mass is 265 g/mol. The lowest BCUT2D eigenvalue weighted by Gasteiger charge is -2.20. The lowest BCUT2D eigenvalue weighted by Crippen LogP contribution is -2.42. The van der Waals surface area contributed by atoms with Crippen LogP contribution in [0.2, 0.25) is 0 Å². The van der Waals surface area contributed by atoms with Gasteiger partial charge in [-0.15, -0.1) is 0 Å². The van der Waals surface area contributed by atoms with Gasteiger partial charge < -0.3 is 15.3 Å². The Kier molecular flexibility index (Phi) is 5.78. The van der Waals surface area contributed by atoms with Gasteiger partial charge in [0.25, 0.3) is 0 Å². The Morgan fingerprint density at radius 1 is 1.42 bits per heavy atom. The molecule has 1 rings (SSSR count). The molecule has 0 atom stereocenters. The zero-order valence-electron chi connectivity index (χ0n) is 11.2. The van der Waals surface area contributed by atoms with E-state index in [2.05, 4.69) is 10.3 Å². The summed E-state index contributed by atoms with van der Waals surface area (Å²) in [4.78, 5) is 27.9. The molecule has 0 radical (unpaired) electrons. The smallest absolute Gasteiger partial charge is 0.323 e. The van der Waals surface area contributed by atoms with Crippen LogP contribution in [0.4, 0.5) is 4.79 Å². The van der Waals surface area contributed by atoms with E-state index in [9.17, 15) is 9.59 Å². The molecule has 104 valence electrons. The number of carbonyl (C=O) groups is 2. The van der Waals surface area contributed by atoms with Gasteiger partial charge in [0.05, 0.1) is 0 Å². The van der Waals surface area contributed by atoms with Crippen molar-refractivity contribution in [3.63, 3.8) is 0 Å². The molecule has 0 aliphatic heterocycles. The molecule has 0 saturated heterocycles. The molecule has 19 heavy (non-hydrogen) atoms. The minimum Gasteiger partial charge on any atom is -0.480 e. The molecule has 0 bridgehead atoms. The molecule has 0 saturated carbocycles. The summed E-state index contributed by atoms with van der Waals surface area (Å²) in [6.07, 6.45) is 2.41. The number of amides is 2. The highest BCUT2D eigenvalue weighted by atomic mass is 16.4. The van der Waals surface area contributed by atoms with Gasteiger partial charge in [0.2, 0.25) is 0 Å². The predicted octanol–water partition coefficient (Wildman–Crippen LogP) is 1.40. The summed E-state index contributed by atoms with van der Waals surface area (Å²) < 4.78 is 0. The van der Waals surface area contributed by atoms with Gasteiger partial charge in [0.1, 0.15) is 6.54 Å². The van der Waals surface area contributed by atoms with Crippen LogP contribution in [0.25, 0.3) is 0 Å². The van der Waals surface area contributed by atoms with Crippen LogP contribution in [0.1, 0.15) is 24.6 Å². The fourth-order valence-electron chi connectivity index (χ4n) is 1.58. The molecule has 6 nitrogen and oxygen atoms in total. The van der Waals surface area contributed by atoms with Gasteiger partial charge in [0.15, 0.2) is 0 Å². The second-order valence-corrected chi connectivity index (χ2v) is 4.28. The average Bonchev–Trinajstić information content (AvgIpc) is 2.37. The zero-order chi connectivity index (χ0) is 14.3. The quantitative estimate of drug-likeness (QED) is 0.814. The summed E-state index contributed by atoms with van der Waals surface area (Å²) in [5.41, 5.74) is 1.79. The average molecular weight is 265 g/mol. The van der Waals surface area contributed by atoms with Crippen molar-refractivity contribution in [1.82, 2.24) is 15.2 Å². The van der Waals surface area contributed by atoms with Gasteiger partial charge >= 0.3 is 12.0 Å². The molecule has 0 aliphatic rings. The summed E-state index contributed by atoms with van der Waals surface area (Å²) in [6.45, 7) is 4.26. The number of carbonyl (C=O) groups excluding carboxylic acids is 1. The van der Waals surface area contributed by atoms with Crippen molar-refractivity contribution in [2.75, 3.05) is 13.1 Å². The Morgan fingerprint density at radius 2 is 2.16 bits per heavy atom. The largest absolute Gasteiger partial charge is 0.480 e. The Labute approximate surface area is 112 Å². The number of aryl methyl sites for hydroxylation is 1.